The van der Waals surface area contributed by atoms with Gasteiger partial charge in [0.25, 0.3) is 5.56 Å². The fourth-order valence-electron chi connectivity index (χ4n) is 5.80. The summed E-state index contributed by atoms with van der Waals surface area (Å²) < 4.78 is 47.6. The average Bonchev–Trinajstić information content (AvgIpc) is 3.38. The Bertz CT molecular complexity index is 1600. The summed E-state index contributed by atoms with van der Waals surface area (Å²) in [5.41, 5.74) is 0.835. The molecule has 2 aliphatic heterocycles. The Kier molecular flexibility index (Phi) is 7.28. The van der Waals surface area contributed by atoms with Crippen LogP contribution in [0.4, 0.5) is 24.5 Å². The largest absolute Gasteiger partial charge is 0.416 e. The van der Waals surface area contributed by atoms with Gasteiger partial charge in [0.05, 0.1) is 35.2 Å². The number of rotatable bonds is 6. The van der Waals surface area contributed by atoms with E-state index >= 15 is 0 Å². The lowest BCUT2D eigenvalue weighted by atomic mass is 9.83. The van der Waals surface area contributed by atoms with Gasteiger partial charge < -0.3 is 24.8 Å². The zero-order valence-electron chi connectivity index (χ0n) is 22.3. The van der Waals surface area contributed by atoms with Crippen LogP contribution in [0.5, 0.6) is 0 Å². The number of hydrogen-bond acceptors (Lipinski definition) is 7. The van der Waals surface area contributed by atoms with E-state index in [1.807, 2.05) is 13.0 Å². The highest BCUT2D eigenvalue weighted by Gasteiger charge is 2.41. The maximum absolute atomic E-state index is 14.0. The third kappa shape index (κ3) is 5.10. The molecule has 1 amide bonds. The number of nitrogens with zero attached hydrogens (tertiary/aromatic N) is 5. The third-order valence-electron chi connectivity index (χ3n) is 7.97. The molecule has 4 heterocycles. The van der Waals surface area contributed by atoms with Crippen molar-refractivity contribution in [2.24, 2.45) is 0 Å². The summed E-state index contributed by atoms with van der Waals surface area (Å²) >= 11 is 6.09. The second-order valence-electron chi connectivity index (χ2n) is 10.4. The number of anilines is 2. The SMILES string of the molecule is CCc1c(N2CCN[C@H]3CC[C@@H]32)c(=O)n2nc(C3=CCOCC3)nc2n1CC(=O)Nc1ccc(C(F)(F)F)cc1Cl. The van der Waals surface area contributed by atoms with E-state index in [2.05, 4.69) is 25.6 Å². The van der Waals surface area contributed by atoms with Gasteiger partial charge >= 0.3 is 6.18 Å². The molecule has 2 fully saturated rings. The van der Waals surface area contributed by atoms with Crippen LogP contribution in [0.15, 0.2) is 29.1 Å². The van der Waals surface area contributed by atoms with E-state index in [9.17, 15) is 22.8 Å². The maximum atomic E-state index is 14.0. The molecule has 41 heavy (non-hydrogen) atoms. The van der Waals surface area contributed by atoms with E-state index in [4.69, 9.17) is 16.3 Å². The first kappa shape index (κ1) is 27.7. The van der Waals surface area contributed by atoms with Crippen LogP contribution in [0.3, 0.4) is 0 Å². The van der Waals surface area contributed by atoms with E-state index in [1.165, 1.54) is 4.52 Å². The minimum atomic E-state index is -4.56. The molecule has 3 aromatic rings. The van der Waals surface area contributed by atoms with Crippen LogP contribution in [-0.4, -0.2) is 63.5 Å². The highest BCUT2D eigenvalue weighted by Crippen LogP contribution is 2.35. The van der Waals surface area contributed by atoms with Gasteiger partial charge in [-0.3, -0.25) is 9.59 Å². The fourth-order valence-corrected chi connectivity index (χ4v) is 6.03. The number of ether oxygens (including phenoxy) is 1. The van der Waals surface area contributed by atoms with E-state index in [1.54, 1.807) is 4.57 Å². The van der Waals surface area contributed by atoms with Crippen LogP contribution in [0, 0.1) is 0 Å². The minimum Gasteiger partial charge on any atom is -0.377 e. The van der Waals surface area contributed by atoms with Crippen LogP contribution >= 0.6 is 11.6 Å². The number of piperazine rings is 1. The number of amides is 1. The van der Waals surface area contributed by atoms with E-state index in [0.717, 1.165) is 43.2 Å². The number of alkyl halides is 3. The van der Waals surface area contributed by atoms with Crippen LogP contribution in [0.25, 0.3) is 11.4 Å². The number of benzene rings is 1. The number of nitrogens with one attached hydrogen (secondary N) is 2. The Morgan fingerprint density at radius 1 is 1.29 bits per heavy atom. The number of carbonyl (C=O) groups is 1. The molecule has 2 atom stereocenters. The smallest absolute Gasteiger partial charge is 0.377 e. The average molecular weight is 592 g/mol. The summed E-state index contributed by atoms with van der Waals surface area (Å²) in [5, 5.41) is 10.5. The first-order valence-electron chi connectivity index (χ1n) is 13.6. The molecule has 0 radical (unpaired) electrons. The Morgan fingerprint density at radius 3 is 2.78 bits per heavy atom. The summed E-state index contributed by atoms with van der Waals surface area (Å²) in [6, 6.07) is 3.21. The number of aromatic nitrogens is 4. The lowest BCUT2D eigenvalue weighted by Crippen LogP contribution is -2.64. The molecular formula is C27H29ClF3N7O3. The molecule has 1 aromatic carbocycles. The summed E-state index contributed by atoms with van der Waals surface area (Å²) in [6.45, 7) is 3.95. The molecule has 6 rings (SSSR count). The number of hydrogen-bond donors (Lipinski definition) is 2. The molecule has 0 spiro atoms. The Hall–Kier alpha value is -3.42. The Morgan fingerprint density at radius 2 is 2.12 bits per heavy atom. The standard InChI is InChI=1S/C27H29ClF3N7O3/c1-2-20-23(36-10-9-32-19-5-6-21(19)36)25(40)38-26(34-24(35-38)15-7-11-41-12-8-15)37(20)14-22(39)33-18-4-3-16(13-17(18)28)27(29,30)31/h3-4,7,13,19,21,32H,2,5-6,8-12,14H2,1H3,(H,33,39)/t19-,21-/m0/s1. The molecule has 14 heteroatoms. The van der Waals surface area contributed by atoms with E-state index in [0.29, 0.717) is 55.8 Å². The molecule has 0 bridgehead atoms. The first-order valence-corrected chi connectivity index (χ1v) is 14.0. The van der Waals surface area contributed by atoms with Crippen LogP contribution < -0.4 is 21.1 Å². The quantitative estimate of drug-likeness (QED) is 0.452. The van der Waals surface area contributed by atoms with Gasteiger partial charge in [0.2, 0.25) is 11.7 Å². The lowest BCUT2D eigenvalue weighted by molar-refractivity contribution is -0.137. The van der Waals surface area contributed by atoms with Crippen LogP contribution in [0.2, 0.25) is 5.02 Å². The van der Waals surface area contributed by atoms with Crippen LogP contribution in [0.1, 0.15) is 43.3 Å². The van der Waals surface area contributed by atoms with Crippen molar-refractivity contribution in [3.05, 3.63) is 56.7 Å². The van der Waals surface area contributed by atoms with Gasteiger partial charge in [-0.2, -0.15) is 22.7 Å². The molecule has 1 aliphatic carbocycles. The Balaban J connectivity index is 1.42. The zero-order valence-corrected chi connectivity index (χ0v) is 23.1. The molecule has 2 aromatic heterocycles. The van der Waals surface area contributed by atoms with Crippen LogP contribution in [-0.2, 0) is 28.7 Å². The molecular weight excluding hydrogens is 563 g/mol. The monoisotopic (exact) mass is 591 g/mol. The first-order chi connectivity index (χ1) is 19.7. The number of carbonyl (C=O) groups excluding carboxylic acids is 1. The van der Waals surface area contributed by atoms with Gasteiger partial charge in [0, 0.05) is 25.2 Å². The zero-order chi connectivity index (χ0) is 28.9. The maximum Gasteiger partial charge on any atom is 0.416 e. The fraction of sp³-hybridized carbons (Fsp3) is 0.481. The predicted octanol–water partition coefficient (Wildman–Crippen LogP) is 3.51. The van der Waals surface area contributed by atoms with Gasteiger partial charge in [0.15, 0.2) is 5.82 Å². The second-order valence-corrected chi connectivity index (χ2v) is 10.8. The summed E-state index contributed by atoms with van der Waals surface area (Å²) in [5.74, 6) is 0.0767. The van der Waals surface area contributed by atoms with E-state index in [-0.39, 0.29) is 34.6 Å². The highest BCUT2D eigenvalue weighted by molar-refractivity contribution is 6.33. The summed E-state index contributed by atoms with van der Waals surface area (Å²) in [7, 11) is 0. The number of fused-ring (bicyclic) bond motifs is 2. The van der Waals surface area contributed by atoms with Gasteiger partial charge in [-0.05, 0) is 49.5 Å². The van der Waals surface area contributed by atoms with Crippen molar-refractivity contribution < 1.29 is 22.7 Å². The highest BCUT2D eigenvalue weighted by atomic mass is 35.5. The topological polar surface area (TPSA) is 106 Å². The van der Waals surface area contributed by atoms with Crippen molar-refractivity contribution in [1.29, 1.82) is 0 Å². The molecule has 2 N–H and O–H groups in total. The summed E-state index contributed by atoms with van der Waals surface area (Å²) in [6.07, 6.45) is 0.320. The Labute approximate surface area is 238 Å². The van der Waals surface area contributed by atoms with E-state index < -0.39 is 17.6 Å². The van der Waals surface area contributed by atoms with Gasteiger partial charge in [-0.25, -0.2) is 0 Å². The molecule has 218 valence electrons. The molecule has 10 nitrogen and oxygen atoms in total. The van der Waals surface area contributed by atoms with Gasteiger partial charge in [0.1, 0.15) is 12.2 Å². The van der Waals surface area contributed by atoms with Crippen molar-refractivity contribution in [2.75, 3.05) is 36.5 Å². The third-order valence-corrected chi connectivity index (χ3v) is 8.28. The molecule has 1 saturated heterocycles. The predicted molar refractivity (Wildman–Crippen MR) is 147 cm³/mol. The second kappa shape index (κ2) is 10.8. The summed E-state index contributed by atoms with van der Waals surface area (Å²) in [4.78, 5) is 34.1. The minimum absolute atomic E-state index is 0.0499. The number of halogens is 4. The van der Waals surface area contributed by atoms with Crippen molar-refractivity contribution in [1.82, 2.24) is 24.5 Å². The van der Waals surface area contributed by atoms with Crippen molar-refractivity contribution >= 4 is 40.2 Å². The normalized spacial score (nSPS) is 20.9. The van der Waals surface area contributed by atoms with Crippen molar-refractivity contribution in [3.8, 4) is 0 Å². The molecule has 3 aliphatic rings. The van der Waals surface area contributed by atoms with Gasteiger partial charge in [-0.1, -0.05) is 24.6 Å². The lowest BCUT2D eigenvalue weighted by Gasteiger charge is -2.50. The molecule has 1 saturated carbocycles. The molecule has 0 unspecified atom stereocenters. The van der Waals surface area contributed by atoms with Crippen molar-refractivity contribution in [2.45, 2.75) is 57.4 Å². The van der Waals surface area contributed by atoms with Crippen molar-refractivity contribution in [3.63, 3.8) is 0 Å². The van der Waals surface area contributed by atoms with Gasteiger partial charge in [-0.15, -0.1) is 5.10 Å².